The molecule has 0 aliphatic carbocycles. The highest BCUT2D eigenvalue weighted by molar-refractivity contribution is 7.89. The second-order valence-electron chi connectivity index (χ2n) is 5.82. The first-order valence-corrected chi connectivity index (χ1v) is 9.76. The van der Waals surface area contributed by atoms with E-state index in [1.54, 1.807) is 35.2 Å². The number of carbonyl (C=O) groups excluding carboxylic acids is 1. The lowest BCUT2D eigenvalue weighted by molar-refractivity contribution is -0.116. The van der Waals surface area contributed by atoms with Crippen LogP contribution in [0.4, 0.5) is 5.69 Å². The third-order valence-corrected chi connectivity index (χ3v) is 5.51. The smallest absolute Gasteiger partial charge is 0.240 e. The van der Waals surface area contributed by atoms with E-state index in [0.717, 1.165) is 23.2 Å². The van der Waals surface area contributed by atoms with Gasteiger partial charge in [0.05, 0.1) is 4.90 Å². The van der Waals surface area contributed by atoms with E-state index in [0.29, 0.717) is 0 Å². The van der Waals surface area contributed by atoms with E-state index in [4.69, 9.17) is 0 Å². The van der Waals surface area contributed by atoms with Crippen LogP contribution < -0.4 is 9.62 Å². The van der Waals surface area contributed by atoms with Crippen LogP contribution >= 0.6 is 0 Å². The van der Waals surface area contributed by atoms with E-state index >= 15 is 0 Å². The Bertz CT molecular complexity index is 833. The minimum atomic E-state index is -3.58. The number of rotatable bonds is 7. The molecule has 1 N–H and O–H groups in total. The van der Waals surface area contributed by atoms with Crippen LogP contribution in [0.1, 0.15) is 25.0 Å². The molecular weight excluding hydrogens is 336 g/mol. The average Bonchev–Trinajstić information content (AvgIpc) is 2.59. The van der Waals surface area contributed by atoms with Crippen molar-refractivity contribution in [1.29, 1.82) is 0 Å². The molecule has 0 heterocycles. The Labute approximate surface area is 149 Å². The number of para-hydroxylation sites is 1. The van der Waals surface area contributed by atoms with Crippen molar-refractivity contribution in [2.24, 2.45) is 0 Å². The summed E-state index contributed by atoms with van der Waals surface area (Å²) in [6.07, 6.45) is 0.802. The van der Waals surface area contributed by atoms with Crippen LogP contribution in [-0.2, 0) is 21.2 Å². The SMILES string of the molecule is CCc1cccc(C)c1N(CCNS(=O)(=O)c1ccccc1)C(C)=O. The lowest BCUT2D eigenvalue weighted by Crippen LogP contribution is -2.38. The Hall–Kier alpha value is -2.18. The van der Waals surface area contributed by atoms with Crippen LogP contribution in [0.3, 0.4) is 0 Å². The highest BCUT2D eigenvalue weighted by atomic mass is 32.2. The van der Waals surface area contributed by atoms with Crippen LogP contribution in [0.5, 0.6) is 0 Å². The number of amides is 1. The van der Waals surface area contributed by atoms with Crippen molar-refractivity contribution in [3.05, 3.63) is 59.7 Å². The molecule has 2 rings (SSSR count). The van der Waals surface area contributed by atoms with Gasteiger partial charge in [0.15, 0.2) is 0 Å². The quantitative estimate of drug-likeness (QED) is 0.826. The Morgan fingerprint density at radius 2 is 1.76 bits per heavy atom. The Balaban J connectivity index is 2.16. The summed E-state index contributed by atoms with van der Waals surface area (Å²) in [6, 6.07) is 14.1. The zero-order chi connectivity index (χ0) is 18.4. The molecule has 0 aliphatic heterocycles. The molecule has 0 saturated heterocycles. The van der Waals surface area contributed by atoms with E-state index in [2.05, 4.69) is 4.72 Å². The van der Waals surface area contributed by atoms with Gasteiger partial charge in [0.2, 0.25) is 15.9 Å². The van der Waals surface area contributed by atoms with Gasteiger partial charge in [-0.1, -0.05) is 43.3 Å². The molecule has 0 saturated carbocycles. The molecule has 0 spiro atoms. The maximum Gasteiger partial charge on any atom is 0.240 e. The second-order valence-corrected chi connectivity index (χ2v) is 7.58. The van der Waals surface area contributed by atoms with E-state index in [9.17, 15) is 13.2 Å². The van der Waals surface area contributed by atoms with Gasteiger partial charge in [-0.3, -0.25) is 4.79 Å². The molecule has 2 aromatic rings. The van der Waals surface area contributed by atoms with E-state index in [1.807, 2.05) is 32.0 Å². The number of nitrogens with one attached hydrogen (secondary N) is 1. The lowest BCUT2D eigenvalue weighted by Gasteiger charge is -2.26. The lowest BCUT2D eigenvalue weighted by atomic mass is 10.0. The maximum absolute atomic E-state index is 12.3. The molecule has 2 aromatic carbocycles. The van der Waals surface area contributed by atoms with Crippen molar-refractivity contribution in [3.8, 4) is 0 Å². The monoisotopic (exact) mass is 360 g/mol. The minimum Gasteiger partial charge on any atom is -0.311 e. The molecule has 1 amide bonds. The fourth-order valence-corrected chi connectivity index (χ4v) is 3.83. The van der Waals surface area contributed by atoms with Gasteiger partial charge in [0.1, 0.15) is 0 Å². The zero-order valence-corrected chi connectivity index (χ0v) is 15.6. The van der Waals surface area contributed by atoms with Crippen LogP contribution in [0.25, 0.3) is 0 Å². The molecule has 0 fully saturated rings. The van der Waals surface area contributed by atoms with Crippen molar-refractivity contribution in [2.45, 2.75) is 32.1 Å². The van der Waals surface area contributed by atoms with Gasteiger partial charge in [-0.15, -0.1) is 0 Å². The van der Waals surface area contributed by atoms with Crippen molar-refractivity contribution < 1.29 is 13.2 Å². The molecule has 0 aliphatic rings. The van der Waals surface area contributed by atoms with Crippen LogP contribution in [0, 0.1) is 6.92 Å². The Morgan fingerprint density at radius 1 is 1.08 bits per heavy atom. The summed E-state index contributed by atoms with van der Waals surface area (Å²) in [5.41, 5.74) is 2.94. The van der Waals surface area contributed by atoms with E-state index in [-0.39, 0.29) is 23.9 Å². The van der Waals surface area contributed by atoms with Crippen molar-refractivity contribution >= 4 is 21.6 Å². The number of hydrogen-bond donors (Lipinski definition) is 1. The van der Waals surface area contributed by atoms with Crippen molar-refractivity contribution in [1.82, 2.24) is 4.72 Å². The predicted molar refractivity (Wildman–Crippen MR) is 100 cm³/mol. The van der Waals surface area contributed by atoms with E-state index in [1.165, 1.54) is 6.92 Å². The summed E-state index contributed by atoms with van der Waals surface area (Å²) in [4.78, 5) is 14.0. The summed E-state index contributed by atoms with van der Waals surface area (Å²) >= 11 is 0. The van der Waals surface area contributed by atoms with Gasteiger partial charge in [0.25, 0.3) is 0 Å². The zero-order valence-electron chi connectivity index (χ0n) is 14.8. The van der Waals surface area contributed by atoms with Crippen molar-refractivity contribution in [2.75, 3.05) is 18.0 Å². The number of sulfonamides is 1. The highest BCUT2D eigenvalue weighted by Crippen LogP contribution is 2.25. The summed E-state index contributed by atoms with van der Waals surface area (Å²) in [7, 11) is -3.58. The molecule has 5 nitrogen and oxygen atoms in total. The van der Waals surface area contributed by atoms with Crippen molar-refractivity contribution in [3.63, 3.8) is 0 Å². The molecule has 0 unspecified atom stereocenters. The first kappa shape index (κ1) is 19.1. The number of hydrogen-bond acceptors (Lipinski definition) is 3. The van der Waals surface area contributed by atoms with Gasteiger partial charge >= 0.3 is 0 Å². The maximum atomic E-state index is 12.3. The van der Waals surface area contributed by atoms with Gasteiger partial charge in [-0.05, 0) is 36.6 Å². The molecule has 134 valence electrons. The van der Waals surface area contributed by atoms with Gasteiger partial charge < -0.3 is 4.90 Å². The summed E-state index contributed by atoms with van der Waals surface area (Å²) in [5, 5.41) is 0. The standard InChI is InChI=1S/C19H24N2O3S/c1-4-17-10-8-9-15(2)19(17)21(16(3)22)14-13-20-25(23,24)18-11-6-5-7-12-18/h5-12,20H,4,13-14H2,1-3H3. The number of aryl methyl sites for hydroxylation is 2. The number of carbonyl (C=O) groups is 1. The number of nitrogens with zero attached hydrogens (tertiary/aromatic N) is 1. The minimum absolute atomic E-state index is 0.108. The third-order valence-electron chi connectivity index (χ3n) is 4.03. The molecule has 0 bridgehead atoms. The normalized spacial score (nSPS) is 11.3. The third kappa shape index (κ3) is 4.67. The summed E-state index contributed by atoms with van der Waals surface area (Å²) < 4.78 is 27.2. The predicted octanol–water partition coefficient (Wildman–Crippen LogP) is 2.89. The van der Waals surface area contributed by atoms with Gasteiger partial charge in [0, 0.05) is 25.7 Å². The Morgan fingerprint density at radius 3 is 2.36 bits per heavy atom. The number of benzene rings is 2. The highest BCUT2D eigenvalue weighted by Gasteiger charge is 2.19. The first-order chi connectivity index (χ1) is 11.9. The number of anilines is 1. The van der Waals surface area contributed by atoms with Crippen LogP contribution in [-0.4, -0.2) is 27.4 Å². The largest absolute Gasteiger partial charge is 0.311 e. The topological polar surface area (TPSA) is 66.5 Å². The molecule has 0 atom stereocenters. The fraction of sp³-hybridized carbons (Fsp3) is 0.316. The van der Waals surface area contributed by atoms with E-state index < -0.39 is 10.0 Å². The average molecular weight is 360 g/mol. The molecule has 6 heteroatoms. The van der Waals surface area contributed by atoms with Gasteiger partial charge in [-0.2, -0.15) is 0 Å². The molecule has 0 radical (unpaired) electrons. The molecule has 25 heavy (non-hydrogen) atoms. The fourth-order valence-electron chi connectivity index (χ4n) is 2.79. The van der Waals surface area contributed by atoms with Gasteiger partial charge in [-0.25, -0.2) is 13.1 Å². The van der Waals surface area contributed by atoms with Crippen LogP contribution in [0.2, 0.25) is 0 Å². The first-order valence-electron chi connectivity index (χ1n) is 8.28. The molecule has 0 aromatic heterocycles. The Kier molecular flexibility index (Phi) is 6.33. The second kappa shape index (κ2) is 8.27. The summed E-state index contributed by atoms with van der Waals surface area (Å²) in [5.74, 6) is -0.108. The van der Waals surface area contributed by atoms with Crippen LogP contribution in [0.15, 0.2) is 53.4 Å². The summed E-state index contributed by atoms with van der Waals surface area (Å²) in [6.45, 7) is 5.92. The molecular formula is C19H24N2O3S.